The lowest BCUT2D eigenvalue weighted by atomic mass is 9.78. The van der Waals surface area contributed by atoms with Gasteiger partial charge in [0.1, 0.15) is 5.82 Å². The fourth-order valence-electron chi connectivity index (χ4n) is 3.09. The van der Waals surface area contributed by atoms with Crippen molar-refractivity contribution < 1.29 is 14.0 Å². The van der Waals surface area contributed by atoms with Crippen LogP contribution in [-0.2, 0) is 11.8 Å². The van der Waals surface area contributed by atoms with E-state index in [0.717, 1.165) is 0 Å². The van der Waals surface area contributed by atoms with Crippen LogP contribution in [0.4, 0.5) is 10.1 Å². The van der Waals surface area contributed by atoms with Crippen molar-refractivity contribution in [3.05, 3.63) is 47.8 Å². The van der Waals surface area contributed by atoms with Crippen molar-refractivity contribution in [3.63, 3.8) is 0 Å². The van der Waals surface area contributed by atoms with Crippen molar-refractivity contribution in [2.75, 3.05) is 12.4 Å². The van der Waals surface area contributed by atoms with Crippen LogP contribution in [0.25, 0.3) is 0 Å². The molecule has 0 saturated heterocycles. The summed E-state index contributed by atoms with van der Waals surface area (Å²) in [6, 6.07) is 3.33. The van der Waals surface area contributed by atoms with E-state index >= 15 is 0 Å². The molecule has 3 rings (SSSR count). The fraction of sp³-hybridized carbons (Fsp3) is 0.333. The maximum atomic E-state index is 14.6. The molecular formula is C18H21FN6O2. The van der Waals surface area contributed by atoms with Crippen LogP contribution in [0.2, 0.25) is 0 Å². The van der Waals surface area contributed by atoms with Crippen molar-refractivity contribution in [3.8, 4) is 0 Å². The predicted octanol–water partition coefficient (Wildman–Crippen LogP) is 1.67. The van der Waals surface area contributed by atoms with Crippen molar-refractivity contribution in [1.29, 1.82) is 0 Å². The summed E-state index contributed by atoms with van der Waals surface area (Å²) >= 11 is 0. The molecule has 1 aliphatic rings. The van der Waals surface area contributed by atoms with Gasteiger partial charge in [0, 0.05) is 37.7 Å². The number of nitrogens with zero attached hydrogens (tertiary/aromatic N) is 4. The quantitative estimate of drug-likeness (QED) is 0.855. The average Bonchev–Trinajstić information content (AvgIpc) is 3.04. The molecular weight excluding hydrogens is 351 g/mol. The van der Waals surface area contributed by atoms with Gasteiger partial charge in [-0.2, -0.15) is 0 Å². The molecule has 0 bridgehead atoms. The number of hydrogen-bond donors (Lipinski definition) is 2. The maximum absolute atomic E-state index is 14.6. The van der Waals surface area contributed by atoms with E-state index in [-0.39, 0.29) is 23.3 Å². The van der Waals surface area contributed by atoms with Crippen LogP contribution < -0.4 is 11.1 Å². The first-order chi connectivity index (χ1) is 12.6. The van der Waals surface area contributed by atoms with Crippen molar-refractivity contribution in [2.45, 2.75) is 19.9 Å². The smallest absolute Gasteiger partial charge is 0.291 e. The molecule has 2 amide bonds. The Morgan fingerprint density at radius 2 is 2.04 bits per heavy atom. The Bertz CT molecular complexity index is 949. The molecule has 142 valence electrons. The maximum Gasteiger partial charge on any atom is 0.291 e. The van der Waals surface area contributed by atoms with E-state index < -0.39 is 23.2 Å². The minimum Gasteiger partial charge on any atom is -0.369 e. The molecule has 0 aliphatic carbocycles. The molecule has 2 heterocycles. The summed E-state index contributed by atoms with van der Waals surface area (Å²) < 4.78 is 16.1. The number of imidazole rings is 1. The molecule has 1 aliphatic heterocycles. The summed E-state index contributed by atoms with van der Waals surface area (Å²) in [4.78, 5) is 34.5. The number of aryl methyl sites for hydroxylation is 1. The first-order valence-electron chi connectivity index (χ1n) is 8.32. The van der Waals surface area contributed by atoms with E-state index in [2.05, 4.69) is 15.3 Å². The Hall–Kier alpha value is -3.23. The second-order valence-electron chi connectivity index (χ2n) is 7.03. The number of halogens is 1. The van der Waals surface area contributed by atoms with Crippen molar-refractivity contribution >= 4 is 23.5 Å². The van der Waals surface area contributed by atoms with Crippen LogP contribution in [0, 0.1) is 11.2 Å². The molecule has 27 heavy (non-hydrogen) atoms. The number of nitrogens with two attached hydrogens (primary N) is 1. The number of aromatic nitrogens is 2. The Balaban J connectivity index is 1.97. The Kier molecular flexibility index (Phi) is 4.46. The molecule has 2 aromatic rings. The zero-order valence-corrected chi connectivity index (χ0v) is 15.5. The van der Waals surface area contributed by atoms with E-state index in [1.54, 1.807) is 31.7 Å². The molecule has 1 aromatic heterocycles. The largest absolute Gasteiger partial charge is 0.369 e. The highest BCUT2D eigenvalue weighted by atomic mass is 19.1. The van der Waals surface area contributed by atoms with Crippen molar-refractivity contribution in [1.82, 2.24) is 14.5 Å². The normalized spacial score (nSPS) is 19.0. The summed E-state index contributed by atoms with van der Waals surface area (Å²) in [6.07, 6.45) is 3.16. The summed E-state index contributed by atoms with van der Waals surface area (Å²) in [6.45, 7) is 3.37. The van der Waals surface area contributed by atoms with Crippen LogP contribution in [-0.4, -0.2) is 39.3 Å². The lowest BCUT2D eigenvalue weighted by Gasteiger charge is -2.38. The average molecular weight is 372 g/mol. The van der Waals surface area contributed by atoms with Gasteiger partial charge in [0.25, 0.3) is 5.91 Å². The predicted molar refractivity (Wildman–Crippen MR) is 98.5 cm³/mol. The van der Waals surface area contributed by atoms with Gasteiger partial charge in [-0.15, -0.1) is 0 Å². The third-order valence-electron chi connectivity index (χ3n) is 4.72. The number of rotatable bonds is 3. The van der Waals surface area contributed by atoms with Crippen LogP contribution >= 0.6 is 0 Å². The first kappa shape index (κ1) is 18.6. The number of carbonyl (C=O) groups is 2. The number of amides is 2. The number of guanidine groups is 1. The number of hydrogen-bond acceptors (Lipinski definition) is 5. The van der Waals surface area contributed by atoms with E-state index in [0.29, 0.717) is 5.69 Å². The second kappa shape index (κ2) is 6.49. The van der Waals surface area contributed by atoms with Gasteiger partial charge in [-0.1, -0.05) is 0 Å². The Morgan fingerprint density at radius 3 is 2.67 bits per heavy atom. The molecule has 3 N–H and O–H groups in total. The second-order valence-corrected chi connectivity index (χ2v) is 7.03. The lowest BCUT2D eigenvalue weighted by Crippen LogP contribution is -2.51. The molecule has 1 unspecified atom stereocenters. The minimum absolute atomic E-state index is 0.0196. The molecule has 1 atom stereocenters. The van der Waals surface area contributed by atoms with Gasteiger partial charge in [-0.25, -0.2) is 14.4 Å². The topological polar surface area (TPSA) is 106 Å². The number of nitrogens with one attached hydrogen (secondary N) is 1. The lowest BCUT2D eigenvalue weighted by molar-refractivity contribution is -0.137. The van der Waals surface area contributed by atoms with Gasteiger partial charge < -0.3 is 15.6 Å². The summed E-state index contributed by atoms with van der Waals surface area (Å²) in [5, 5.41) is 2.69. The Morgan fingerprint density at radius 1 is 1.33 bits per heavy atom. The van der Waals surface area contributed by atoms with Gasteiger partial charge >= 0.3 is 0 Å². The van der Waals surface area contributed by atoms with E-state index in [1.165, 1.54) is 36.3 Å². The summed E-state index contributed by atoms with van der Waals surface area (Å²) in [5.74, 6) is -0.982. The van der Waals surface area contributed by atoms with Gasteiger partial charge in [0.05, 0.1) is 11.5 Å². The standard InChI is InChI=1S/C18H21FN6O2/c1-18(2)13(23-17(20)25(4)16(18)27)11-9-10(5-6-12(11)19)22-15(26)14-21-7-8-24(14)3/h5-9,13H,1-4H3,(H2,20,23)(H,22,26). The van der Waals surface area contributed by atoms with E-state index in [4.69, 9.17) is 5.73 Å². The molecule has 0 fully saturated rings. The van der Waals surface area contributed by atoms with Gasteiger partial charge in [0.2, 0.25) is 5.91 Å². The molecule has 9 heteroatoms. The zero-order chi connectivity index (χ0) is 19.9. The molecule has 8 nitrogen and oxygen atoms in total. The highest BCUT2D eigenvalue weighted by molar-refractivity contribution is 6.02. The number of aliphatic imine (C=N–C) groups is 1. The minimum atomic E-state index is -0.999. The van der Waals surface area contributed by atoms with Crippen LogP contribution in [0.3, 0.4) is 0 Å². The molecule has 0 spiro atoms. The van der Waals surface area contributed by atoms with Gasteiger partial charge in [0.15, 0.2) is 11.8 Å². The monoisotopic (exact) mass is 372 g/mol. The van der Waals surface area contributed by atoms with E-state index in [9.17, 15) is 14.0 Å². The third-order valence-corrected chi connectivity index (χ3v) is 4.72. The van der Waals surface area contributed by atoms with Gasteiger partial charge in [-0.05, 0) is 32.0 Å². The highest BCUT2D eigenvalue weighted by Crippen LogP contribution is 2.42. The molecule has 0 saturated carbocycles. The molecule has 0 radical (unpaired) electrons. The number of carbonyl (C=O) groups excluding carboxylic acids is 2. The van der Waals surface area contributed by atoms with Gasteiger partial charge in [-0.3, -0.25) is 14.5 Å². The van der Waals surface area contributed by atoms with Crippen LogP contribution in [0.1, 0.15) is 36.1 Å². The van der Waals surface area contributed by atoms with Crippen LogP contribution in [0.5, 0.6) is 0 Å². The summed E-state index contributed by atoms with van der Waals surface area (Å²) in [7, 11) is 3.22. The van der Waals surface area contributed by atoms with E-state index in [1.807, 2.05) is 0 Å². The van der Waals surface area contributed by atoms with Crippen molar-refractivity contribution in [2.24, 2.45) is 23.2 Å². The van der Waals surface area contributed by atoms with Crippen LogP contribution in [0.15, 0.2) is 35.6 Å². The zero-order valence-electron chi connectivity index (χ0n) is 15.5. The SMILES string of the molecule is CN1C(=O)C(C)(C)C(c2cc(NC(=O)c3nccn3C)ccc2F)N=C1N. The highest BCUT2D eigenvalue weighted by Gasteiger charge is 2.45. The first-order valence-corrected chi connectivity index (χ1v) is 8.32. The fourth-order valence-corrected chi connectivity index (χ4v) is 3.09. The third kappa shape index (κ3) is 3.16. The summed E-state index contributed by atoms with van der Waals surface area (Å²) in [5.41, 5.74) is 5.37. The molecule has 1 aromatic carbocycles. The Labute approximate surface area is 155 Å². The number of benzene rings is 1. The number of anilines is 1.